The molecule has 2 unspecified atom stereocenters. The molecule has 0 aromatic heterocycles. The van der Waals surface area contributed by atoms with E-state index in [-0.39, 0.29) is 0 Å². The molecule has 2 nitrogen and oxygen atoms in total. The van der Waals surface area contributed by atoms with Gasteiger partial charge in [-0.05, 0) is 76.1 Å². The Hall–Kier alpha value is -2.48. The molecule has 0 spiro atoms. The summed E-state index contributed by atoms with van der Waals surface area (Å²) in [4.78, 5) is 0. The van der Waals surface area contributed by atoms with Gasteiger partial charge in [-0.25, -0.2) is 0 Å². The van der Waals surface area contributed by atoms with E-state index in [1.165, 1.54) is 27.5 Å². The Bertz CT molecular complexity index is 1080. The normalized spacial score (nSPS) is 15.4. The molecule has 32 heavy (non-hydrogen) atoms. The van der Waals surface area contributed by atoms with Gasteiger partial charge in [0.25, 0.3) is 0 Å². The van der Waals surface area contributed by atoms with Crippen molar-refractivity contribution in [3.05, 3.63) is 59.7 Å². The molecule has 0 radical (unpaired) electrons. The average Bonchev–Trinajstić information content (AvgIpc) is 2.78. The predicted octanol–water partition coefficient (Wildman–Crippen LogP) is 7.95. The van der Waals surface area contributed by atoms with Gasteiger partial charge in [-0.2, -0.15) is 0 Å². The summed E-state index contributed by atoms with van der Waals surface area (Å²) < 4.78 is 12.2. The van der Waals surface area contributed by atoms with Gasteiger partial charge in [0.2, 0.25) is 0 Å². The molecule has 0 aliphatic carbocycles. The van der Waals surface area contributed by atoms with Gasteiger partial charge in [-0.15, -0.1) is 0 Å². The van der Waals surface area contributed by atoms with Crippen LogP contribution in [0.1, 0.15) is 52.7 Å². The molecule has 0 fully saturated rings. The van der Waals surface area contributed by atoms with Gasteiger partial charge in [-0.1, -0.05) is 77.9 Å². The van der Waals surface area contributed by atoms with Crippen molar-refractivity contribution in [3.8, 4) is 22.6 Å². The van der Waals surface area contributed by atoms with E-state index in [9.17, 15) is 0 Å². The molecule has 1 heterocycles. The van der Waals surface area contributed by atoms with E-state index < -0.39 is 0 Å². The Balaban J connectivity index is 1.83. The van der Waals surface area contributed by atoms with Crippen LogP contribution < -0.4 is 9.47 Å². The fourth-order valence-corrected chi connectivity index (χ4v) is 4.43. The van der Waals surface area contributed by atoms with Gasteiger partial charge in [0.1, 0.15) is 13.2 Å². The number of hydrogen-bond acceptors (Lipinski definition) is 2. The first-order valence-electron chi connectivity index (χ1n) is 12.3. The second kappa shape index (κ2) is 9.57. The average molecular weight is 431 g/mol. The quantitative estimate of drug-likeness (QED) is 0.379. The van der Waals surface area contributed by atoms with Crippen LogP contribution in [0.5, 0.6) is 11.5 Å². The first-order valence-corrected chi connectivity index (χ1v) is 12.3. The molecule has 3 aromatic carbocycles. The maximum atomic E-state index is 6.17. The Morgan fingerprint density at radius 3 is 2.09 bits per heavy atom. The zero-order valence-corrected chi connectivity index (χ0v) is 20.6. The lowest BCUT2D eigenvalue weighted by molar-refractivity contribution is 0.172. The molecular weight excluding hydrogens is 392 g/mol. The molecule has 1 aliphatic rings. The van der Waals surface area contributed by atoms with E-state index in [1.54, 1.807) is 0 Å². The first-order chi connectivity index (χ1) is 15.3. The molecule has 1 aliphatic heterocycles. The highest BCUT2D eigenvalue weighted by atomic mass is 16.6. The van der Waals surface area contributed by atoms with Crippen LogP contribution in [0, 0.1) is 23.7 Å². The van der Waals surface area contributed by atoms with Crippen LogP contribution in [0.15, 0.2) is 48.5 Å². The van der Waals surface area contributed by atoms with Crippen LogP contribution in [0.25, 0.3) is 21.9 Å². The third kappa shape index (κ3) is 4.80. The fourth-order valence-electron chi connectivity index (χ4n) is 4.43. The van der Waals surface area contributed by atoms with Crippen LogP contribution in [0.2, 0.25) is 0 Å². The lowest BCUT2D eigenvalue weighted by Gasteiger charge is -2.24. The molecule has 0 saturated carbocycles. The number of rotatable bonds is 7. The minimum absolute atomic E-state index is 0.601. The second-order valence-electron chi connectivity index (χ2n) is 10.4. The summed E-state index contributed by atoms with van der Waals surface area (Å²) in [6.07, 6.45) is 2.15. The lowest BCUT2D eigenvalue weighted by atomic mass is 9.87. The number of ether oxygens (including phenoxy) is 2. The van der Waals surface area contributed by atoms with Crippen molar-refractivity contribution in [3.63, 3.8) is 0 Å². The summed E-state index contributed by atoms with van der Waals surface area (Å²) in [6.45, 7) is 15.1. The molecule has 0 saturated heterocycles. The van der Waals surface area contributed by atoms with Crippen LogP contribution >= 0.6 is 0 Å². The third-order valence-electron chi connectivity index (χ3n) is 7.33. The van der Waals surface area contributed by atoms with Gasteiger partial charge in [0, 0.05) is 5.56 Å². The maximum Gasteiger partial charge on any atom is 0.169 e. The molecule has 3 aromatic rings. The van der Waals surface area contributed by atoms with E-state index in [4.69, 9.17) is 9.47 Å². The fraction of sp³-hybridized carbons (Fsp3) is 0.467. The van der Waals surface area contributed by atoms with Gasteiger partial charge >= 0.3 is 0 Å². The zero-order chi connectivity index (χ0) is 22.8. The topological polar surface area (TPSA) is 18.5 Å². The highest BCUT2D eigenvalue weighted by Gasteiger charge is 2.21. The molecule has 0 bridgehead atoms. The van der Waals surface area contributed by atoms with E-state index in [2.05, 4.69) is 90.1 Å². The first kappa shape index (κ1) is 22.7. The summed E-state index contributed by atoms with van der Waals surface area (Å²) in [6, 6.07) is 18.1. The van der Waals surface area contributed by atoms with Crippen molar-refractivity contribution >= 4 is 10.8 Å². The Morgan fingerprint density at radius 2 is 1.38 bits per heavy atom. The number of fused-ring (bicyclic) bond motifs is 2. The molecule has 4 rings (SSSR count). The monoisotopic (exact) mass is 430 g/mol. The highest BCUT2D eigenvalue weighted by molar-refractivity contribution is 5.99. The summed E-state index contributed by atoms with van der Waals surface area (Å²) in [5.41, 5.74) is 5.13. The molecule has 0 amide bonds. The summed E-state index contributed by atoms with van der Waals surface area (Å²) in [7, 11) is 0. The Kier molecular flexibility index (Phi) is 6.79. The van der Waals surface area contributed by atoms with Crippen LogP contribution in [-0.4, -0.2) is 13.2 Å². The Morgan fingerprint density at radius 1 is 0.688 bits per heavy atom. The molecular formula is C30H38O2. The maximum absolute atomic E-state index is 6.17. The van der Waals surface area contributed by atoms with E-state index >= 15 is 0 Å². The van der Waals surface area contributed by atoms with Crippen molar-refractivity contribution in [2.24, 2.45) is 23.7 Å². The summed E-state index contributed by atoms with van der Waals surface area (Å²) in [5.74, 6) is 4.38. The predicted molar refractivity (Wildman–Crippen MR) is 136 cm³/mol. The molecule has 2 heteroatoms. The van der Waals surface area contributed by atoms with Gasteiger partial charge in [0.05, 0.1) is 0 Å². The second-order valence-corrected chi connectivity index (χ2v) is 10.4. The number of benzene rings is 3. The summed E-state index contributed by atoms with van der Waals surface area (Å²) >= 11 is 0. The Labute approximate surface area is 194 Å². The largest absolute Gasteiger partial charge is 0.486 e. The summed E-state index contributed by atoms with van der Waals surface area (Å²) in [5, 5.41) is 2.57. The highest BCUT2D eigenvalue weighted by Crippen LogP contribution is 2.44. The third-order valence-corrected chi connectivity index (χ3v) is 7.33. The van der Waals surface area contributed by atoms with Gasteiger partial charge in [0.15, 0.2) is 11.5 Å². The van der Waals surface area contributed by atoms with E-state index in [0.29, 0.717) is 36.9 Å². The van der Waals surface area contributed by atoms with Crippen molar-refractivity contribution in [2.75, 3.05) is 13.2 Å². The minimum Gasteiger partial charge on any atom is -0.486 e. The van der Waals surface area contributed by atoms with Crippen LogP contribution in [0.4, 0.5) is 0 Å². The van der Waals surface area contributed by atoms with Crippen molar-refractivity contribution in [1.82, 2.24) is 0 Å². The minimum atomic E-state index is 0.601. The molecule has 170 valence electrons. The van der Waals surface area contributed by atoms with Crippen molar-refractivity contribution in [1.29, 1.82) is 0 Å². The van der Waals surface area contributed by atoms with Crippen molar-refractivity contribution < 1.29 is 9.47 Å². The van der Waals surface area contributed by atoms with E-state index in [0.717, 1.165) is 29.9 Å². The number of hydrogen-bond donors (Lipinski definition) is 0. The smallest absolute Gasteiger partial charge is 0.169 e. The van der Waals surface area contributed by atoms with Gasteiger partial charge in [-0.3, -0.25) is 0 Å². The molecule has 2 atom stereocenters. The molecule has 0 N–H and O–H groups in total. The van der Waals surface area contributed by atoms with E-state index in [1.807, 2.05) is 0 Å². The van der Waals surface area contributed by atoms with Crippen LogP contribution in [-0.2, 0) is 12.8 Å². The standard InChI is InChI=1S/C30H38O2/c1-19(2)21(5)14-23-10-11-25-8-7-9-26(27(25)16-23)28-17-24(15-22(6)20(3)4)18-29-30(28)32-13-12-31-29/h7-11,16-22H,12-15H2,1-6H3. The zero-order valence-electron chi connectivity index (χ0n) is 20.6. The van der Waals surface area contributed by atoms with Crippen LogP contribution in [0.3, 0.4) is 0 Å². The van der Waals surface area contributed by atoms with Gasteiger partial charge < -0.3 is 9.47 Å². The van der Waals surface area contributed by atoms with Crippen molar-refractivity contribution in [2.45, 2.75) is 54.4 Å². The SMILES string of the molecule is CC(C)C(C)Cc1cc2c(c(-c3cccc4ccc(CC(C)C(C)C)cc34)c1)OCCO2. The lowest BCUT2D eigenvalue weighted by Crippen LogP contribution is -2.17.